The van der Waals surface area contributed by atoms with E-state index in [1.165, 1.54) is 0 Å². The molecule has 0 bridgehead atoms. The maximum atomic E-state index is 10.7. The van der Waals surface area contributed by atoms with Crippen molar-refractivity contribution in [1.82, 2.24) is 0 Å². The fourth-order valence-corrected chi connectivity index (χ4v) is 4.74. The number of ether oxygens (including phenoxy) is 3. The predicted octanol–water partition coefficient (Wildman–Crippen LogP) is 6.93. The number of aliphatic carboxylic acids is 1. The molecule has 7 heteroatoms. The molecule has 0 aliphatic heterocycles. The molecular weight excluding hydrogens is 516 g/mol. The van der Waals surface area contributed by atoms with E-state index in [1.54, 1.807) is 23.9 Å². The van der Waals surface area contributed by atoms with Crippen molar-refractivity contribution in [1.29, 1.82) is 0 Å². The van der Waals surface area contributed by atoms with Gasteiger partial charge in [-0.25, -0.2) is 4.79 Å². The van der Waals surface area contributed by atoms with Gasteiger partial charge >= 0.3 is 5.97 Å². The van der Waals surface area contributed by atoms with Crippen molar-refractivity contribution >= 4 is 39.2 Å². The molecule has 0 heterocycles. The normalized spacial score (nSPS) is 10.4. The number of halogens is 1. The van der Waals surface area contributed by atoms with Crippen molar-refractivity contribution in [2.24, 2.45) is 0 Å². The van der Waals surface area contributed by atoms with Gasteiger partial charge in [0.05, 0.1) is 13.2 Å². The van der Waals surface area contributed by atoms with Gasteiger partial charge in [0, 0.05) is 15.1 Å². The molecule has 3 aromatic rings. The minimum Gasteiger partial charge on any atom is -0.494 e. The Morgan fingerprint density at radius 1 is 0.853 bits per heavy atom. The first kappa shape index (κ1) is 25.7. The summed E-state index contributed by atoms with van der Waals surface area (Å²) in [5.74, 6) is 1.94. The molecule has 0 aromatic heterocycles. The summed E-state index contributed by atoms with van der Waals surface area (Å²) in [5, 5.41) is 8.78. The Morgan fingerprint density at radius 2 is 1.38 bits per heavy atom. The number of thioether (sulfide) groups is 1. The Bertz CT molecular complexity index is 1060. The first-order valence-electron chi connectivity index (χ1n) is 10.9. The summed E-state index contributed by atoms with van der Waals surface area (Å²) in [6.45, 7) is 4.84. The van der Waals surface area contributed by atoms with Gasteiger partial charge in [-0.15, -0.1) is 11.8 Å². The average molecular weight is 543 g/mol. The highest BCUT2D eigenvalue weighted by Gasteiger charge is 2.08. The molecule has 0 aliphatic carbocycles. The van der Waals surface area contributed by atoms with Gasteiger partial charge in [-0.3, -0.25) is 0 Å². The molecule has 3 aromatic carbocycles. The molecule has 1 N–H and O–H groups in total. The highest BCUT2D eigenvalue weighted by Crippen LogP contribution is 2.33. The number of rotatable bonds is 12. The molecule has 0 saturated carbocycles. The zero-order valence-corrected chi connectivity index (χ0v) is 21.5. The smallest absolute Gasteiger partial charge is 0.341 e. The standard InChI is InChI=1S/C27H27BrO5S/c1-3-31-21-9-5-19(6-10-21)24(20-7-11-22(12-8-20)32-4-2)15-16-34-26-14-13-23(17-25(26)28)33-18-27(29)30/h5-15,17H,3-4,16,18H2,1-2H3,(H,29,30). The van der Waals surface area contributed by atoms with Crippen molar-refractivity contribution < 1.29 is 24.1 Å². The molecule has 0 atom stereocenters. The second-order valence-electron chi connectivity index (χ2n) is 7.12. The summed E-state index contributed by atoms with van der Waals surface area (Å²) < 4.78 is 17.3. The fourth-order valence-electron chi connectivity index (χ4n) is 3.25. The molecular formula is C27H27BrO5S. The van der Waals surface area contributed by atoms with Gasteiger partial charge in [-0.05, 0) is 88.9 Å². The van der Waals surface area contributed by atoms with Crippen LogP contribution in [0.25, 0.3) is 5.57 Å². The number of carboxylic acid groups (broad SMARTS) is 1. The Labute approximate surface area is 212 Å². The van der Waals surface area contributed by atoms with Gasteiger partial charge < -0.3 is 19.3 Å². The topological polar surface area (TPSA) is 65.0 Å². The quantitative estimate of drug-likeness (QED) is 0.250. The number of carbonyl (C=O) groups is 1. The predicted molar refractivity (Wildman–Crippen MR) is 140 cm³/mol. The van der Waals surface area contributed by atoms with Crippen LogP contribution in [0.4, 0.5) is 0 Å². The van der Waals surface area contributed by atoms with Gasteiger partial charge in [0.15, 0.2) is 6.61 Å². The van der Waals surface area contributed by atoms with Gasteiger partial charge in [0.1, 0.15) is 17.2 Å². The molecule has 3 rings (SSSR count). The van der Waals surface area contributed by atoms with Crippen LogP contribution in [-0.2, 0) is 4.79 Å². The van der Waals surface area contributed by atoms with Crippen LogP contribution in [0.3, 0.4) is 0 Å². The minimum atomic E-state index is -1.00. The Hall–Kier alpha value is -2.90. The van der Waals surface area contributed by atoms with Crippen molar-refractivity contribution in [3.8, 4) is 17.2 Å². The first-order chi connectivity index (χ1) is 16.5. The molecule has 0 saturated heterocycles. The molecule has 0 fully saturated rings. The molecule has 0 radical (unpaired) electrons. The second kappa shape index (κ2) is 13.1. The largest absolute Gasteiger partial charge is 0.494 e. The Morgan fingerprint density at radius 3 is 1.85 bits per heavy atom. The van der Waals surface area contributed by atoms with Gasteiger partial charge in [0.25, 0.3) is 0 Å². The fraction of sp³-hybridized carbons (Fsp3) is 0.222. The van der Waals surface area contributed by atoms with E-state index >= 15 is 0 Å². The minimum absolute atomic E-state index is 0.366. The third kappa shape index (κ3) is 7.57. The van der Waals surface area contributed by atoms with Crippen LogP contribution in [0.2, 0.25) is 0 Å². The third-order valence-electron chi connectivity index (χ3n) is 4.74. The summed E-state index contributed by atoms with van der Waals surface area (Å²) >= 11 is 5.24. The van der Waals surface area contributed by atoms with E-state index in [2.05, 4.69) is 46.3 Å². The van der Waals surface area contributed by atoms with Crippen molar-refractivity contribution in [3.63, 3.8) is 0 Å². The molecule has 34 heavy (non-hydrogen) atoms. The van der Waals surface area contributed by atoms with E-state index in [-0.39, 0.29) is 6.61 Å². The van der Waals surface area contributed by atoms with Gasteiger partial charge in [-0.2, -0.15) is 0 Å². The van der Waals surface area contributed by atoms with E-state index in [4.69, 9.17) is 19.3 Å². The van der Waals surface area contributed by atoms with Crippen LogP contribution in [0.15, 0.2) is 82.2 Å². The van der Waals surface area contributed by atoms with E-state index < -0.39 is 5.97 Å². The van der Waals surface area contributed by atoms with Crippen LogP contribution >= 0.6 is 27.7 Å². The lowest BCUT2D eigenvalue weighted by Crippen LogP contribution is -2.09. The first-order valence-corrected chi connectivity index (χ1v) is 12.7. The summed E-state index contributed by atoms with van der Waals surface area (Å²) in [4.78, 5) is 11.7. The van der Waals surface area contributed by atoms with Crippen molar-refractivity contribution in [2.75, 3.05) is 25.6 Å². The van der Waals surface area contributed by atoms with Crippen LogP contribution in [0.1, 0.15) is 25.0 Å². The van der Waals surface area contributed by atoms with E-state index in [9.17, 15) is 4.79 Å². The number of hydrogen-bond donors (Lipinski definition) is 1. The Kier molecular flexibility index (Phi) is 9.91. The van der Waals surface area contributed by atoms with E-state index in [0.717, 1.165) is 43.3 Å². The molecule has 0 unspecified atom stereocenters. The number of hydrogen-bond acceptors (Lipinski definition) is 5. The summed E-state index contributed by atoms with van der Waals surface area (Å²) in [5.41, 5.74) is 3.32. The monoisotopic (exact) mass is 542 g/mol. The summed E-state index contributed by atoms with van der Waals surface area (Å²) in [6.07, 6.45) is 2.21. The zero-order valence-electron chi connectivity index (χ0n) is 19.1. The number of carboxylic acids is 1. The molecule has 0 amide bonds. The summed E-state index contributed by atoms with van der Waals surface area (Å²) in [7, 11) is 0. The lowest BCUT2D eigenvalue weighted by Gasteiger charge is -2.12. The summed E-state index contributed by atoms with van der Waals surface area (Å²) in [6, 6.07) is 21.7. The maximum Gasteiger partial charge on any atom is 0.341 e. The third-order valence-corrected chi connectivity index (χ3v) is 6.66. The lowest BCUT2D eigenvalue weighted by atomic mass is 9.97. The van der Waals surface area contributed by atoms with Crippen LogP contribution in [0.5, 0.6) is 17.2 Å². The van der Waals surface area contributed by atoms with E-state index in [0.29, 0.717) is 19.0 Å². The second-order valence-corrected chi connectivity index (χ2v) is 9.03. The van der Waals surface area contributed by atoms with Crippen molar-refractivity contribution in [3.05, 3.63) is 88.4 Å². The van der Waals surface area contributed by atoms with Crippen LogP contribution < -0.4 is 14.2 Å². The maximum absolute atomic E-state index is 10.7. The highest BCUT2D eigenvalue weighted by atomic mass is 79.9. The number of benzene rings is 3. The molecule has 0 spiro atoms. The molecule has 5 nitrogen and oxygen atoms in total. The molecule has 0 aliphatic rings. The SMILES string of the molecule is CCOc1ccc(C(=CCSc2ccc(OCC(=O)O)cc2Br)c2ccc(OCC)cc2)cc1. The van der Waals surface area contributed by atoms with E-state index in [1.807, 2.05) is 44.2 Å². The van der Waals surface area contributed by atoms with Crippen molar-refractivity contribution in [2.45, 2.75) is 18.7 Å². The van der Waals surface area contributed by atoms with Crippen LogP contribution in [0, 0.1) is 0 Å². The molecule has 178 valence electrons. The van der Waals surface area contributed by atoms with Crippen LogP contribution in [-0.4, -0.2) is 36.6 Å². The lowest BCUT2D eigenvalue weighted by molar-refractivity contribution is -0.139. The Balaban J connectivity index is 1.80. The average Bonchev–Trinajstić information content (AvgIpc) is 2.83. The zero-order chi connectivity index (χ0) is 24.3. The van der Waals surface area contributed by atoms with Gasteiger partial charge in [0.2, 0.25) is 0 Å². The van der Waals surface area contributed by atoms with Gasteiger partial charge in [-0.1, -0.05) is 30.3 Å². The highest BCUT2D eigenvalue weighted by molar-refractivity contribution is 9.10.